The van der Waals surface area contributed by atoms with Crippen LogP contribution in [0.3, 0.4) is 0 Å². The number of nitrogens with zero attached hydrogens (tertiary/aromatic N) is 1. The highest BCUT2D eigenvalue weighted by Gasteiger charge is 2.16. The number of hydrogen-bond donors (Lipinski definition) is 0. The zero-order chi connectivity index (χ0) is 12.4. The highest BCUT2D eigenvalue weighted by molar-refractivity contribution is 6.08. The average molecular weight is 229 g/mol. The number of halogens is 1. The fourth-order valence-electron chi connectivity index (χ4n) is 1.73. The second-order valence-corrected chi connectivity index (χ2v) is 3.99. The number of carbonyl (C=O) groups excluding carboxylic acids is 1. The topological polar surface area (TPSA) is 30.0 Å². The Morgan fingerprint density at radius 1 is 1.24 bits per heavy atom. The van der Waals surface area contributed by atoms with Gasteiger partial charge in [-0.25, -0.2) is 4.39 Å². The van der Waals surface area contributed by atoms with Crippen LogP contribution in [0.25, 0.3) is 0 Å². The number of rotatable bonds is 2. The molecule has 0 saturated carbocycles. The maximum Gasteiger partial charge on any atom is 0.214 e. The van der Waals surface area contributed by atoms with Gasteiger partial charge < -0.3 is 0 Å². The van der Waals surface area contributed by atoms with E-state index in [1.807, 2.05) is 13.0 Å². The Labute approximate surface area is 99.1 Å². The van der Waals surface area contributed by atoms with Crippen molar-refractivity contribution in [3.8, 4) is 0 Å². The SMILES string of the molecule is Cc1cnc(C(=O)c2ccccc2F)c(C)c1. The van der Waals surface area contributed by atoms with E-state index in [1.165, 1.54) is 12.1 Å². The van der Waals surface area contributed by atoms with Crippen molar-refractivity contribution >= 4 is 5.78 Å². The van der Waals surface area contributed by atoms with Crippen LogP contribution >= 0.6 is 0 Å². The first-order chi connectivity index (χ1) is 8.09. The highest BCUT2D eigenvalue weighted by atomic mass is 19.1. The normalized spacial score (nSPS) is 10.3. The van der Waals surface area contributed by atoms with Crippen LogP contribution in [0, 0.1) is 19.7 Å². The van der Waals surface area contributed by atoms with Gasteiger partial charge >= 0.3 is 0 Å². The molecule has 0 aliphatic rings. The molecule has 1 aromatic carbocycles. The van der Waals surface area contributed by atoms with Crippen LogP contribution in [0.15, 0.2) is 36.5 Å². The molecule has 0 amide bonds. The van der Waals surface area contributed by atoms with E-state index >= 15 is 0 Å². The van der Waals surface area contributed by atoms with Crippen LogP contribution in [-0.2, 0) is 0 Å². The Bertz CT molecular complexity index is 578. The van der Waals surface area contributed by atoms with Gasteiger partial charge in [0.05, 0.1) is 5.56 Å². The molecule has 86 valence electrons. The maximum absolute atomic E-state index is 13.5. The van der Waals surface area contributed by atoms with Crippen molar-refractivity contribution in [2.75, 3.05) is 0 Å². The van der Waals surface area contributed by atoms with Gasteiger partial charge in [0.1, 0.15) is 11.5 Å². The third kappa shape index (κ3) is 2.23. The molecule has 0 atom stereocenters. The predicted molar refractivity (Wildman–Crippen MR) is 63.5 cm³/mol. The molecule has 2 nitrogen and oxygen atoms in total. The molecule has 3 heteroatoms. The largest absolute Gasteiger partial charge is 0.287 e. The molecule has 2 rings (SSSR count). The van der Waals surface area contributed by atoms with Crippen molar-refractivity contribution in [1.82, 2.24) is 4.98 Å². The lowest BCUT2D eigenvalue weighted by molar-refractivity contribution is 0.103. The summed E-state index contributed by atoms with van der Waals surface area (Å²) in [6.45, 7) is 3.70. The van der Waals surface area contributed by atoms with Gasteiger partial charge in [-0.1, -0.05) is 18.2 Å². The predicted octanol–water partition coefficient (Wildman–Crippen LogP) is 3.07. The van der Waals surface area contributed by atoms with Gasteiger partial charge in [-0.05, 0) is 37.1 Å². The Balaban J connectivity index is 2.48. The lowest BCUT2D eigenvalue weighted by atomic mass is 10.0. The molecule has 0 aliphatic heterocycles. The molecule has 0 spiro atoms. The summed E-state index contributed by atoms with van der Waals surface area (Å²) in [6.07, 6.45) is 1.61. The van der Waals surface area contributed by atoms with Crippen molar-refractivity contribution < 1.29 is 9.18 Å². The molecule has 0 N–H and O–H groups in total. The molecule has 0 bridgehead atoms. The standard InChI is InChI=1S/C14H12FNO/c1-9-7-10(2)13(16-8-9)14(17)11-5-3-4-6-12(11)15/h3-8H,1-2H3. The van der Waals surface area contributed by atoms with Gasteiger partial charge in [0, 0.05) is 6.20 Å². The Kier molecular flexibility index (Phi) is 3.00. The van der Waals surface area contributed by atoms with Gasteiger partial charge in [0.15, 0.2) is 0 Å². The summed E-state index contributed by atoms with van der Waals surface area (Å²) < 4.78 is 13.5. The fraction of sp³-hybridized carbons (Fsp3) is 0.143. The monoisotopic (exact) mass is 229 g/mol. The number of pyridine rings is 1. The second kappa shape index (κ2) is 4.45. The van der Waals surface area contributed by atoms with Crippen molar-refractivity contribution in [2.24, 2.45) is 0 Å². The molecule has 0 radical (unpaired) electrons. The number of benzene rings is 1. The quantitative estimate of drug-likeness (QED) is 0.741. The van der Waals surface area contributed by atoms with E-state index in [4.69, 9.17) is 0 Å². The van der Waals surface area contributed by atoms with E-state index in [1.54, 1.807) is 25.3 Å². The van der Waals surface area contributed by atoms with E-state index in [2.05, 4.69) is 4.98 Å². The van der Waals surface area contributed by atoms with E-state index in [0.717, 1.165) is 11.1 Å². The lowest BCUT2D eigenvalue weighted by Gasteiger charge is -2.05. The van der Waals surface area contributed by atoms with Crippen molar-refractivity contribution in [1.29, 1.82) is 0 Å². The summed E-state index contributed by atoms with van der Waals surface area (Å²) >= 11 is 0. The first-order valence-corrected chi connectivity index (χ1v) is 5.32. The minimum absolute atomic E-state index is 0.0620. The maximum atomic E-state index is 13.5. The molecule has 1 aromatic heterocycles. The Hall–Kier alpha value is -2.03. The molecule has 2 aromatic rings. The molecular formula is C14H12FNO. The van der Waals surface area contributed by atoms with E-state index in [-0.39, 0.29) is 11.3 Å². The highest BCUT2D eigenvalue weighted by Crippen LogP contribution is 2.15. The summed E-state index contributed by atoms with van der Waals surface area (Å²) in [6, 6.07) is 7.80. The van der Waals surface area contributed by atoms with Crippen LogP contribution in [0.4, 0.5) is 4.39 Å². The minimum Gasteiger partial charge on any atom is -0.287 e. The molecule has 0 fully saturated rings. The van der Waals surface area contributed by atoms with E-state index in [9.17, 15) is 9.18 Å². The molecule has 0 saturated heterocycles. The third-order valence-corrected chi connectivity index (χ3v) is 2.55. The van der Waals surface area contributed by atoms with Crippen molar-refractivity contribution in [3.05, 3.63) is 64.7 Å². The second-order valence-electron chi connectivity index (χ2n) is 3.99. The zero-order valence-corrected chi connectivity index (χ0v) is 9.70. The van der Waals surface area contributed by atoms with Crippen LogP contribution < -0.4 is 0 Å². The van der Waals surface area contributed by atoms with Gasteiger partial charge in [0.2, 0.25) is 5.78 Å². The van der Waals surface area contributed by atoms with E-state index < -0.39 is 5.82 Å². The number of aromatic nitrogens is 1. The van der Waals surface area contributed by atoms with Crippen LogP contribution in [-0.4, -0.2) is 10.8 Å². The summed E-state index contributed by atoms with van der Waals surface area (Å²) in [5, 5.41) is 0. The van der Waals surface area contributed by atoms with Crippen LogP contribution in [0.1, 0.15) is 27.2 Å². The Morgan fingerprint density at radius 3 is 2.59 bits per heavy atom. The first kappa shape index (κ1) is 11.5. The average Bonchev–Trinajstić information content (AvgIpc) is 2.29. The van der Waals surface area contributed by atoms with Crippen molar-refractivity contribution in [3.63, 3.8) is 0 Å². The number of ketones is 1. The number of aryl methyl sites for hydroxylation is 2. The van der Waals surface area contributed by atoms with Gasteiger partial charge in [-0.3, -0.25) is 9.78 Å². The molecular weight excluding hydrogens is 217 g/mol. The number of hydrogen-bond acceptors (Lipinski definition) is 2. The summed E-state index contributed by atoms with van der Waals surface area (Å²) in [5.74, 6) is -0.889. The summed E-state index contributed by atoms with van der Waals surface area (Å²) in [7, 11) is 0. The van der Waals surface area contributed by atoms with Crippen LogP contribution in [0.5, 0.6) is 0 Å². The first-order valence-electron chi connectivity index (χ1n) is 5.32. The smallest absolute Gasteiger partial charge is 0.214 e. The van der Waals surface area contributed by atoms with Gasteiger partial charge in [0.25, 0.3) is 0 Å². The summed E-state index contributed by atoms with van der Waals surface area (Å²) in [4.78, 5) is 16.2. The Morgan fingerprint density at radius 2 is 1.94 bits per heavy atom. The van der Waals surface area contributed by atoms with Crippen molar-refractivity contribution in [2.45, 2.75) is 13.8 Å². The third-order valence-electron chi connectivity index (χ3n) is 2.55. The zero-order valence-electron chi connectivity index (χ0n) is 9.70. The number of carbonyl (C=O) groups is 1. The van der Waals surface area contributed by atoms with E-state index in [0.29, 0.717) is 5.69 Å². The molecule has 17 heavy (non-hydrogen) atoms. The van der Waals surface area contributed by atoms with Crippen LogP contribution in [0.2, 0.25) is 0 Å². The minimum atomic E-state index is -0.515. The summed E-state index contributed by atoms with van der Waals surface area (Å²) in [5.41, 5.74) is 2.11. The lowest BCUT2D eigenvalue weighted by Crippen LogP contribution is -2.08. The van der Waals surface area contributed by atoms with Gasteiger partial charge in [-0.2, -0.15) is 0 Å². The molecule has 0 aliphatic carbocycles. The van der Waals surface area contributed by atoms with Gasteiger partial charge in [-0.15, -0.1) is 0 Å². The molecule has 0 unspecified atom stereocenters. The molecule has 1 heterocycles. The fourth-order valence-corrected chi connectivity index (χ4v) is 1.73.